The Labute approximate surface area is 86.3 Å². The summed E-state index contributed by atoms with van der Waals surface area (Å²) < 4.78 is 12.0. The minimum absolute atomic E-state index is 0.193. The fourth-order valence-electron chi connectivity index (χ4n) is 2.76. The van der Waals surface area contributed by atoms with E-state index in [4.69, 9.17) is 9.47 Å². The Bertz CT molecular complexity index is 257. The Balaban J connectivity index is 2.30. The van der Waals surface area contributed by atoms with Crippen molar-refractivity contribution in [3.05, 3.63) is 12.2 Å². The summed E-state index contributed by atoms with van der Waals surface area (Å²) in [6, 6.07) is 0. The molecule has 0 aromatic heterocycles. The van der Waals surface area contributed by atoms with Crippen LogP contribution in [-0.4, -0.2) is 17.5 Å². The van der Waals surface area contributed by atoms with E-state index in [-0.39, 0.29) is 11.7 Å². The molecule has 2 atom stereocenters. The molecule has 0 bridgehead atoms. The number of rotatable bonds is 1. The third-order valence-corrected chi connectivity index (χ3v) is 3.36. The summed E-state index contributed by atoms with van der Waals surface area (Å²) >= 11 is 0. The molecule has 1 aliphatic carbocycles. The van der Waals surface area contributed by atoms with Crippen molar-refractivity contribution in [1.82, 2.24) is 0 Å². The molecule has 0 radical (unpaired) electrons. The fourth-order valence-corrected chi connectivity index (χ4v) is 2.76. The maximum atomic E-state index is 6.08. The van der Waals surface area contributed by atoms with Crippen molar-refractivity contribution in [3.63, 3.8) is 0 Å². The van der Waals surface area contributed by atoms with E-state index in [0.29, 0.717) is 0 Å². The molecule has 1 saturated carbocycles. The van der Waals surface area contributed by atoms with Crippen LogP contribution in [0.25, 0.3) is 0 Å². The lowest BCUT2D eigenvalue weighted by atomic mass is 9.78. The maximum absolute atomic E-state index is 6.08. The molecule has 0 aromatic carbocycles. The second kappa shape index (κ2) is 3.07. The summed E-state index contributed by atoms with van der Waals surface area (Å²) in [5.74, 6) is -0.437. The average molecular weight is 196 g/mol. The average Bonchev–Trinajstić information content (AvgIpc) is 2.35. The molecule has 1 aliphatic heterocycles. The normalized spacial score (nSPS) is 40.6. The number of hydrogen-bond acceptors (Lipinski definition) is 2. The first kappa shape index (κ1) is 10.2. The SMILES string of the molecule is C=C(C)[C@]12CCCC[C@H]1OC(C)(C)O2. The lowest BCUT2D eigenvalue weighted by Crippen LogP contribution is -2.43. The second-order valence-electron chi connectivity index (χ2n) is 5.02. The smallest absolute Gasteiger partial charge is 0.164 e. The maximum Gasteiger partial charge on any atom is 0.164 e. The van der Waals surface area contributed by atoms with Crippen LogP contribution in [0.1, 0.15) is 46.5 Å². The van der Waals surface area contributed by atoms with Gasteiger partial charge in [0.25, 0.3) is 0 Å². The Morgan fingerprint density at radius 2 is 2.07 bits per heavy atom. The molecule has 0 spiro atoms. The van der Waals surface area contributed by atoms with E-state index < -0.39 is 5.79 Å². The van der Waals surface area contributed by atoms with Gasteiger partial charge < -0.3 is 9.47 Å². The van der Waals surface area contributed by atoms with E-state index in [1.165, 1.54) is 12.8 Å². The van der Waals surface area contributed by atoms with Crippen molar-refractivity contribution in [2.24, 2.45) is 0 Å². The van der Waals surface area contributed by atoms with Crippen LogP contribution >= 0.6 is 0 Å². The second-order valence-corrected chi connectivity index (χ2v) is 5.02. The minimum atomic E-state index is -0.437. The van der Waals surface area contributed by atoms with E-state index in [9.17, 15) is 0 Å². The molecule has 0 unspecified atom stereocenters. The van der Waals surface area contributed by atoms with Crippen molar-refractivity contribution in [2.75, 3.05) is 0 Å². The van der Waals surface area contributed by atoms with Gasteiger partial charge in [-0.25, -0.2) is 0 Å². The van der Waals surface area contributed by atoms with Gasteiger partial charge in [0, 0.05) is 0 Å². The predicted octanol–water partition coefficient (Wildman–Crippen LogP) is 3.03. The van der Waals surface area contributed by atoms with Crippen LogP contribution in [0.3, 0.4) is 0 Å². The van der Waals surface area contributed by atoms with Crippen LogP contribution in [0.2, 0.25) is 0 Å². The van der Waals surface area contributed by atoms with Gasteiger partial charge in [0.15, 0.2) is 5.79 Å². The quantitative estimate of drug-likeness (QED) is 0.600. The Hall–Kier alpha value is -0.340. The van der Waals surface area contributed by atoms with Crippen molar-refractivity contribution in [1.29, 1.82) is 0 Å². The van der Waals surface area contributed by atoms with Crippen LogP contribution in [0.4, 0.5) is 0 Å². The fraction of sp³-hybridized carbons (Fsp3) is 0.833. The van der Waals surface area contributed by atoms with Crippen LogP contribution < -0.4 is 0 Å². The van der Waals surface area contributed by atoms with Gasteiger partial charge in [-0.15, -0.1) is 0 Å². The van der Waals surface area contributed by atoms with Crippen LogP contribution in [0.5, 0.6) is 0 Å². The summed E-state index contributed by atoms with van der Waals surface area (Å²) in [6.45, 7) is 10.1. The third-order valence-electron chi connectivity index (χ3n) is 3.36. The van der Waals surface area contributed by atoms with Crippen LogP contribution in [0, 0.1) is 0 Å². The van der Waals surface area contributed by atoms with Gasteiger partial charge in [-0.1, -0.05) is 19.4 Å². The summed E-state index contributed by atoms with van der Waals surface area (Å²) in [5.41, 5.74) is 0.926. The topological polar surface area (TPSA) is 18.5 Å². The highest BCUT2D eigenvalue weighted by atomic mass is 16.8. The van der Waals surface area contributed by atoms with E-state index in [1.54, 1.807) is 0 Å². The number of hydrogen-bond donors (Lipinski definition) is 0. The third kappa shape index (κ3) is 1.41. The Kier molecular flexibility index (Phi) is 2.24. The first-order valence-electron chi connectivity index (χ1n) is 5.50. The van der Waals surface area contributed by atoms with Gasteiger partial charge in [0.1, 0.15) is 5.60 Å². The van der Waals surface area contributed by atoms with E-state index in [1.807, 2.05) is 13.8 Å². The molecular weight excluding hydrogens is 176 g/mol. The van der Waals surface area contributed by atoms with Gasteiger partial charge >= 0.3 is 0 Å². The van der Waals surface area contributed by atoms with Crippen molar-refractivity contribution >= 4 is 0 Å². The van der Waals surface area contributed by atoms with E-state index in [2.05, 4.69) is 13.5 Å². The molecule has 2 heteroatoms. The highest BCUT2D eigenvalue weighted by molar-refractivity contribution is 5.18. The number of ether oxygens (including phenoxy) is 2. The zero-order valence-electron chi connectivity index (χ0n) is 9.43. The molecule has 80 valence electrons. The largest absolute Gasteiger partial charge is 0.344 e. The molecule has 2 aliphatic rings. The van der Waals surface area contributed by atoms with Gasteiger partial charge in [0.2, 0.25) is 0 Å². The molecule has 14 heavy (non-hydrogen) atoms. The van der Waals surface area contributed by atoms with Crippen molar-refractivity contribution in [3.8, 4) is 0 Å². The highest BCUT2D eigenvalue weighted by Crippen LogP contribution is 2.48. The molecule has 2 nitrogen and oxygen atoms in total. The van der Waals surface area contributed by atoms with Crippen LogP contribution in [0.15, 0.2) is 12.2 Å². The summed E-state index contributed by atoms with van der Waals surface area (Å²) in [6.07, 6.45) is 4.87. The predicted molar refractivity (Wildman–Crippen MR) is 56.1 cm³/mol. The first-order chi connectivity index (χ1) is 6.46. The molecule has 0 amide bonds. The number of fused-ring (bicyclic) bond motifs is 1. The van der Waals surface area contributed by atoms with Gasteiger partial charge in [-0.05, 0) is 39.2 Å². The standard InChI is InChI=1S/C12H20O2/c1-9(2)12-8-6-5-7-10(12)13-11(3,4)14-12/h10H,1,5-8H2,2-4H3/t10-,12-/m1/s1. The molecule has 2 rings (SSSR count). The monoisotopic (exact) mass is 196 g/mol. The van der Waals surface area contributed by atoms with Crippen molar-refractivity contribution in [2.45, 2.75) is 63.9 Å². The van der Waals surface area contributed by atoms with E-state index >= 15 is 0 Å². The lowest BCUT2D eigenvalue weighted by Gasteiger charge is -2.37. The summed E-state index contributed by atoms with van der Waals surface area (Å²) in [7, 11) is 0. The highest BCUT2D eigenvalue weighted by Gasteiger charge is 2.54. The zero-order chi connectivity index (χ0) is 10.4. The molecule has 2 fully saturated rings. The van der Waals surface area contributed by atoms with Crippen LogP contribution in [-0.2, 0) is 9.47 Å². The summed E-state index contributed by atoms with van der Waals surface area (Å²) in [5, 5.41) is 0. The van der Waals surface area contributed by atoms with Gasteiger partial charge in [-0.2, -0.15) is 0 Å². The Morgan fingerprint density at radius 3 is 2.64 bits per heavy atom. The summed E-state index contributed by atoms with van der Waals surface area (Å²) in [4.78, 5) is 0. The first-order valence-corrected chi connectivity index (χ1v) is 5.50. The zero-order valence-corrected chi connectivity index (χ0v) is 9.43. The molecular formula is C12H20O2. The molecule has 0 N–H and O–H groups in total. The van der Waals surface area contributed by atoms with Gasteiger partial charge in [0.05, 0.1) is 6.10 Å². The molecule has 1 saturated heterocycles. The van der Waals surface area contributed by atoms with Crippen molar-refractivity contribution < 1.29 is 9.47 Å². The minimum Gasteiger partial charge on any atom is -0.344 e. The van der Waals surface area contributed by atoms with E-state index in [0.717, 1.165) is 18.4 Å². The molecule has 0 aromatic rings. The Morgan fingerprint density at radius 1 is 1.36 bits per heavy atom. The lowest BCUT2D eigenvalue weighted by molar-refractivity contribution is -0.156. The van der Waals surface area contributed by atoms with Gasteiger partial charge in [-0.3, -0.25) is 0 Å². The molecule has 1 heterocycles.